The van der Waals surface area contributed by atoms with Crippen molar-refractivity contribution in [3.05, 3.63) is 0 Å². The summed E-state index contributed by atoms with van der Waals surface area (Å²) in [5.41, 5.74) is 0. The molecule has 2 heterocycles. The Hall–Kier alpha value is -0.930. The van der Waals surface area contributed by atoms with Crippen molar-refractivity contribution in [1.29, 1.82) is 0 Å². The number of hydrogen-bond acceptors (Lipinski definition) is 12. The van der Waals surface area contributed by atoms with E-state index in [2.05, 4.69) is 4.74 Å². The van der Waals surface area contributed by atoms with Gasteiger partial charge in [0.25, 0.3) is 6.47 Å². The number of carbonyl (C=O) groups excluding carboxylic acids is 1. The van der Waals surface area contributed by atoms with Crippen LogP contribution < -0.4 is 0 Å². The molecule has 2 aliphatic rings. The first-order valence-electron chi connectivity index (χ1n) is 7.53. The van der Waals surface area contributed by atoms with E-state index in [1.54, 1.807) is 0 Å². The summed E-state index contributed by atoms with van der Waals surface area (Å²) in [6.45, 7) is -1.39. The van der Waals surface area contributed by atoms with E-state index in [0.29, 0.717) is 0 Å². The van der Waals surface area contributed by atoms with Crippen LogP contribution in [-0.2, 0) is 23.7 Å². The first kappa shape index (κ1) is 20.4. The van der Waals surface area contributed by atoms with Gasteiger partial charge >= 0.3 is 0 Å². The summed E-state index contributed by atoms with van der Waals surface area (Å²) >= 11 is 0. The Morgan fingerprint density at radius 1 is 0.760 bits per heavy atom. The Morgan fingerprint density at radius 3 is 1.88 bits per heavy atom. The predicted molar refractivity (Wildman–Crippen MR) is 73.5 cm³/mol. The standard InChI is InChI=1S/C13H22O12/c14-1-4-6(17)7(18)9(20)13(23-4)25-11-5(2-15)24-12(22-3-16)10(21)8(11)19/h3-15,17-21H,1-2H2/t4-,5-,6-,7+,8-,9-,10-,11-,12-,13-/m1/s1. The highest BCUT2D eigenvalue weighted by Crippen LogP contribution is 2.29. The van der Waals surface area contributed by atoms with Crippen LogP contribution in [0.3, 0.4) is 0 Å². The summed E-state index contributed by atoms with van der Waals surface area (Å²) in [4.78, 5) is 10.4. The molecule has 2 rings (SSSR count). The molecule has 0 unspecified atom stereocenters. The molecule has 0 aromatic rings. The van der Waals surface area contributed by atoms with E-state index in [1.165, 1.54) is 0 Å². The van der Waals surface area contributed by atoms with E-state index < -0.39 is 74.6 Å². The smallest absolute Gasteiger partial charge is 0.295 e. The first-order chi connectivity index (χ1) is 11.8. The maximum absolute atomic E-state index is 10.4. The minimum atomic E-state index is -1.74. The molecule has 0 spiro atoms. The molecule has 0 amide bonds. The molecule has 25 heavy (non-hydrogen) atoms. The van der Waals surface area contributed by atoms with Gasteiger partial charge in [0.1, 0.15) is 48.8 Å². The number of ether oxygens (including phenoxy) is 4. The monoisotopic (exact) mass is 370 g/mol. The number of aliphatic hydroxyl groups is 7. The lowest BCUT2D eigenvalue weighted by atomic mass is 9.97. The van der Waals surface area contributed by atoms with Crippen molar-refractivity contribution in [2.45, 2.75) is 61.4 Å². The third-order valence-electron chi connectivity index (χ3n) is 4.15. The zero-order valence-corrected chi connectivity index (χ0v) is 12.9. The van der Waals surface area contributed by atoms with Gasteiger partial charge in [-0.1, -0.05) is 0 Å². The van der Waals surface area contributed by atoms with Gasteiger partial charge in [0, 0.05) is 0 Å². The zero-order valence-electron chi connectivity index (χ0n) is 12.9. The van der Waals surface area contributed by atoms with Crippen LogP contribution in [0.1, 0.15) is 0 Å². The second-order valence-corrected chi connectivity index (χ2v) is 5.74. The van der Waals surface area contributed by atoms with E-state index in [4.69, 9.17) is 19.3 Å². The molecule has 0 bridgehead atoms. The van der Waals surface area contributed by atoms with E-state index in [-0.39, 0.29) is 6.47 Å². The first-order valence-corrected chi connectivity index (χ1v) is 7.53. The molecule has 12 heteroatoms. The van der Waals surface area contributed by atoms with Crippen LogP contribution in [0.2, 0.25) is 0 Å². The molecule has 0 radical (unpaired) electrons. The van der Waals surface area contributed by atoms with Crippen molar-refractivity contribution in [3.8, 4) is 0 Å². The van der Waals surface area contributed by atoms with Crippen LogP contribution in [0.5, 0.6) is 0 Å². The van der Waals surface area contributed by atoms with Gasteiger partial charge in [-0.3, -0.25) is 4.79 Å². The third kappa shape index (κ3) is 4.09. The minimum absolute atomic E-state index is 0.00613. The lowest BCUT2D eigenvalue weighted by Crippen LogP contribution is -2.64. The van der Waals surface area contributed by atoms with Gasteiger partial charge in [-0.15, -0.1) is 0 Å². The highest BCUT2D eigenvalue weighted by molar-refractivity contribution is 5.37. The number of hydrogen-bond donors (Lipinski definition) is 7. The summed E-state index contributed by atoms with van der Waals surface area (Å²) in [7, 11) is 0. The second kappa shape index (κ2) is 8.64. The van der Waals surface area contributed by atoms with Gasteiger partial charge in [0.15, 0.2) is 6.29 Å². The highest BCUT2D eigenvalue weighted by atomic mass is 16.7. The largest absolute Gasteiger partial charge is 0.435 e. The molecule has 0 aromatic carbocycles. The van der Waals surface area contributed by atoms with Gasteiger partial charge in [-0.25, -0.2) is 0 Å². The van der Waals surface area contributed by atoms with Gasteiger partial charge in [-0.2, -0.15) is 0 Å². The highest BCUT2D eigenvalue weighted by Gasteiger charge is 2.50. The Kier molecular flexibility index (Phi) is 7.04. The fraction of sp³-hybridized carbons (Fsp3) is 0.923. The Morgan fingerprint density at radius 2 is 1.32 bits per heavy atom. The maximum Gasteiger partial charge on any atom is 0.295 e. The van der Waals surface area contributed by atoms with Crippen molar-refractivity contribution in [1.82, 2.24) is 0 Å². The summed E-state index contributed by atoms with van der Waals surface area (Å²) < 4.78 is 20.0. The van der Waals surface area contributed by atoms with Crippen molar-refractivity contribution >= 4 is 6.47 Å². The fourth-order valence-corrected chi connectivity index (χ4v) is 2.72. The van der Waals surface area contributed by atoms with Crippen LogP contribution in [-0.4, -0.2) is 117 Å². The van der Waals surface area contributed by atoms with Crippen LogP contribution in [0.15, 0.2) is 0 Å². The van der Waals surface area contributed by atoms with Gasteiger partial charge in [0.05, 0.1) is 13.2 Å². The van der Waals surface area contributed by atoms with E-state index >= 15 is 0 Å². The predicted octanol–water partition coefficient (Wildman–Crippen LogP) is -5.22. The average Bonchev–Trinajstić information content (AvgIpc) is 2.61. The SMILES string of the molecule is O=CO[C@@H]1O[C@H](CO)[C@@H](O[C@H]2O[C@H](CO)[C@@H](O)[C@H](O)[C@H]2O)[C@H](O)[C@H]1O. The van der Waals surface area contributed by atoms with Crippen LogP contribution >= 0.6 is 0 Å². The van der Waals surface area contributed by atoms with E-state index in [0.717, 1.165) is 0 Å². The molecule has 2 aliphatic heterocycles. The van der Waals surface area contributed by atoms with E-state index in [9.17, 15) is 35.4 Å². The quantitative estimate of drug-likeness (QED) is 0.220. The summed E-state index contributed by atoms with van der Waals surface area (Å²) in [6.07, 6.45) is -15.6. The van der Waals surface area contributed by atoms with Gasteiger partial charge in [0.2, 0.25) is 6.29 Å². The maximum atomic E-state index is 10.4. The summed E-state index contributed by atoms with van der Waals surface area (Å²) in [6, 6.07) is 0. The Labute approximate surface area is 141 Å². The van der Waals surface area contributed by atoms with Gasteiger partial charge < -0.3 is 54.7 Å². The molecule has 7 N–H and O–H groups in total. The Balaban J connectivity index is 2.12. The third-order valence-corrected chi connectivity index (χ3v) is 4.15. The van der Waals surface area contributed by atoms with Crippen molar-refractivity contribution < 1.29 is 59.5 Å². The van der Waals surface area contributed by atoms with Crippen LogP contribution in [0.4, 0.5) is 0 Å². The normalized spacial score (nSPS) is 48.1. The molecule has 2 saturated heterocycles. The molecular weight excluding hydrogens is 348 g/mol. The fourth-order valence-electron chi connectivity index (χ4n) is 2.72. The van der Waals surface area contributed by atoms with Gasteiger partial charge in [-0.05, 0) is 0 Å². The molecule has 10 atom stereocenters. The lowest BCUT2D eigenvalue weighted by molar-refractivity contribution is -0.354. The lowest BCUT2D eigenvalue weighted by Gasteiger charge is -2.45. The van der Waals surface area contributed by atoms with Crippen molar-refractivity contribution in [2.24, 2.45) is 0 Å². The molecule has 146 valence electrons. The second-order valence-electron chi connectivity index (χ2n) is 5.74. The van der Waals surface area contributed by atoms with Crippen LogP contribution in [0, 0.1) is 0 Å². The molecule has 12 nitrogen and oxygen atoms in total. The van der Waals surface area contributed by atoms with Crippen molar-refractivity contribution in [3.63, 3.8) is 0 Å². The topological polar surface area (TPSA) is 196 Å². The zero-order chi connectivity index (χ0) is 18.7. The molecule has 0 saturated carbocycles. The Bertz CT molecular complexity index is 431. The average molecular weight is 370 g/mol. The van der Waals surface area contributed by atoms with Crippen LogP contribution in [0.25, 0.3) is 0 Å². The van der Waals surface area contributed by atoms with E-state index in [1.807, 2.05) is 0 Å². The number of aliphatic hydroxyl groups excluding tert-OH is 7. The molecular formula is C13H22O12. The van der Waals surface area contributed by atoms with Crippen molar-refractivity contribution in [2.75, 3.05) is 13.2 Å². The molecule has 2 fully saturated rings. The summed E-state index contributed by atoms with van der Waals surface area (Å²) in [5.74, 6) is 0. The summed E-state index contributed by atoms with van der Waals surface area (Å²) in [5, 5.41) is 67.9. The number of rotatable bonds is 6. The number of carbonyl (C=O) groups is 1. The molecule has 0 aliphatic carbocycles. The minimum Gasteiger partial charge on any atom is -0.435 e. The molecule has 0 aromatic heterocycles.